The number of unbranched alkanes of at least 4 members (excludes halogenated alkanes) is 3. The quantitative estimate of drug-likeness (QED) is 0.0564. The molecule has 50 heavy (non-hydrogen) atoms. The van der Waals surface area contributed by atoms with Gasteiger partial charge in [0.15, 0.2) is 0 Å². The van der Waals surface area contributed by atoms with Gasteiger partial charge in [-0.05, 0) is 123 Å². The van der Waals surface area contributed by atoms with Crippen LogP contribution in [-0.4, -0.2) is 43.2 Å². The molecule has 0 radical (unpaired) electrons. The van der Waals surface area contributed by atoms with Crippen LogP contribution in [0.1, 0.15) is 87.1 Å². The summed E-state index contributed by atoms with van der Waals surface area (Å²) in [5, 5.41) is 0. The molecule has 9 nitrogen and oxygen atoms in total. The Kier molecular flexibility index (Phi) is 14.8. The highest BCUT2D eigenvalue weighted by Crippen LogP contribution is 2.30. The van der Waals surface area contributed by atoms with E-state index in [2.05, 4.69) is 13.2 Å². The summed E-state index contributed by atoms with van der Waals surface area (Å²) in [4.78, 5) is 48.3. The van der Waals surface area contributed by atoms with Gasteiger partial charge in [-0.25, -0.2) is 14.4 Å². The predicted molar refractivity (Wildman–Crippen MR) is 190 cm³/mol. The first-order chi connectivity index (χ1) is 24.2. The molecule has 1 aliphatic carbocycles. The lowest BCUT2D eigenvalue weighted by molar-refractivity contribution is -0.151. The molecule has 3 aromatic rings. The molecule has 0 saturated heterocycles. The number of esters is 4. The molecule has 9 heteroatoms. The maximum atomic E-state index is 12.7. The summed E-state index contributed by atoms with van der Waals surface area (Å²) in [6, 6.07) is 19.6. The molecule has 0 spiro atoms. The number of aryl methyl sites for hydroxylation is 1. The zero-order chi connectivity index (χ0) is 35.7. The number of hydrogen-bond acceptors (Lipinski definition) is 9. The standard InChI is InChI=1S/C41H46O9/c1-4-30-28-36(50-41(45)32-17-21-35(22-18-32)48-38(42)5-2)23-24-37(30)31-15-19-33(20-16-31)46-25-11-6-7-12-26-47-40(44)29(3)27-39(43)49-34-13-9-8-10-14-34/h5,15-24,28,34H,2-4,6-14,25-27H2,1H3. The van der Waals surface area contributed by atoms with E-state index in [9.17, 15) is 19.2 Å². The topological polar surface area (TPSA) is 114 Å². The van der Waals surface area contributed by atoms with Gasteiger partial charge in [0.2, 0.25) is 0 Å². The summed E-state index contributed by atoms with van der Waals surface area (Å²) in [6.07, 6.45) is 10.1. The molecular formula is C41H46O9. The molecule has 0 aliphatic heterocycles. The first-order valence-corrected chi connectivity index (χ1v) is 17.3. The zero-order valence-corrected chi connectivity index (χ0v) is 28.8. The van der Waals surface area contributed by atoms with Crippen molar-refractivity contribution in [1.29, 1.82) is 0 Å². The van der Waals surface area contributed by atoms with E-state index in [-0.39, 0.29) is 24.7 Å². The highest BCUT2D eigenvalue weighted by Gasteiger charge is 2.20. The molecule has 1 saturated carbocycles. The molecule has 0 heterocycles. The van der Waals surface area contributed by atoms with Gasteiger partial charge >= 0.3 is 23.9 Å². The summed E-state index contributed by atoms with van der Waals surface area (Å²) >= 11 is 0. The maximum absolute atomic E-state index is 12.7. The molecule has 0 bridgehead atoms. The largest absolute Gasteiger partial charge is 0.494 e. The van der Waals surface area contributed by atoms with Crippen LogP contribution in [0.15, 0.2) is 91.5 Å². The number of rotatable bonds is 18. The summed E-state index contributed by atoms with van der Waals surface area (Å²) in [5.74, 6) is -0.528. The van der Waals surface area contributed by atoms with Gasteiger partial charge in [0.05, 0.1) is 25.2 Å². The molecule has 1 aliphatic rings. The molecule has 0 N–H and O–H groups in total. The van der Waals surface area contributed by atoms with E-state index in [4.69, 9.17) is 23.7 Å². The lowest BCUT2D eigenvalue weighted by atomic mass is 9.98. The van der Waals surface area contributed by atoms with Crippen LogP contribution in [0, 0.1) is 0 Å². The van der Waals surface area contributed by atoms with Crippen molar-refractivity contribution < 1.29 is 42.9 Å². The summed E-state index contributed by atoms with van der Waals surface area (Å²) in [7, 11) is 0. The van der Waals surface area contributed by atoms with Crippen molar-refractivity contribution in [3.63, 3.8) is 0 Å². The third kappa shape index (κ3) is 12.1. The number of hydrogen-bond donors (Lipinski definition) is 0. The Morgan fingerprint density at radius 3 is 2.12 bits per heavy atom. The van der Waals surface area contributed by atoms with Gasteiger partial charge in [-0.15, -0.1) is 0 Å². The van der Waals surface area contributed by atoms with Gasteiger partial charge in [0.1, 0.15) is 23.4 Å². The van der Waals surface area contributed by atoms with E-state index < -0.39 is 23.9 Å². The van der Waals surface area contributed by atoms with Crippen LogP contribution in [-0.2, 0) is 30.3 Å². The summed E-state index contributed by atoms with van der Waals surface area (Å²) in [6.45, 7) is 9.96. The van der Waals surface area contributed by atoms with Crippen LogP contribution in [0.5, 0.6) is 17.2 Å². The molecule has 0 aromatic heterocycles. The fourth-order valence-corrected chi connectivity index (χ4v) is 5.59. The zero-order valence-electron chi connectivity index (χ0n) is 28.8. The molecule has 264 valence electrons. The van der Waals surface area contributed by atoms with Crippen molar-refractivity contribution in [3.05, 3.63) is 103 Å². The van der Waals surface area contributed by atoms with Crippen molar-refractivity contribution in [2.45, 2.75) is 83.7 Å². The monoisotopic (exact) mass is 682 g/mol. The second-order valence-corrected chi connectivity index (χ2v) is 12.2. The molecular weight excluding hydrogens is 636 g/mol. The van der Waals surface area contributed by atoms with E-state index in [1.807, 2.05) is 43.3 Å². The highest BCUT2D eigenvalue weighted by molar-refractivity contribution is 5.93. The van der Waals surface area contributed by atoms with Crippen molar-refractivity contribution >= 4 is 23.9 Å². The fraction of sp³-hybridized carbons (Fsp3) is 0.366. The van der Waals surface area contributed by atoms with E-state index in [1.165, 1.54) is 30.7 Å². The Labute approximate surface area is 294 Å². The fourth-order valence-electron chi connectivity index (χ4n) is 5.59. The Morgan fingerprint density at radius 1 is 0.780 bits per heavy atom. The lowest BCUT2D eigenvalue weighted by Gasteiger charge is -2.21. The molecule has 1 fully saturated rings. The van der Waals surface area contributed by atoms with E-state index in [0.29, 0.717) is 23.7 Å². The van der Waals surface area contributed by atoms with Gasteiger partial charge in [-0.2, -0.15) is 0 Å². The minimum absolute atomic E-state index is 0.0413. The molecule has 3 aromatic carbocycles. The van der Waals surface area contributed by atoms with Crippen LogP contribution in [0.25, 0.3) is 11.1 Å². The second-order valence-electron chi connectivity index (χ2n) is 12.2. The molecule has 0 amide bonds. The normalized spacial score (nSPS) is 12.7. The smallest absolute Gasteiger partial charge is 0.343 e. The van der Waals surface area contributed by atoms with Crippen molar-refractivity contribution in [1.82, 2.24) is 0 Å². The van der Waals surface area contributed by atoms with Crippen LogP contribution >= 0.6 is 0 Å². The van der Waals surface area contributed by atoms with Crippen LogP contribution < -0.4 is 14.2 Å². The number of ether oxygens (including phenoxy) is 5. The minimum atomic E-state index is -0.577. The van der Waals surface area contributed by atoms with Gasteiger partial charge in [0.25, 0.3) is 0 Å². The molecule has 0 atom stereocenters. The van der Waals surface area contributed by atoms with Crippen molar-refractivity contribution in [3.8, 4) is 28.4 Å². The van der Waals surface area contributed by atoms with Crippen molar-refractivity contribution in [2.24, 2.45) is 0 Å². The number of carbonyl (C=O) groups is 4. The number of carbonyl (C=O) groups excluding carboxylic acids is 4. The minimum Gasteiger partial charge on any atom is -0.494 e. The van der Waals surface area contributed by atoms with E-state index in [1.54, 1.807) is 6.07 Å². The SMILES string of the molecule is C=CC(=O)Oc1ccc(C(=O)Oc2ccc(-c3ccc(OCCCCCCOC(=O)C(=C)CC(=O)OC4CCCCC4)cc3)c(CC)c2)cc1. The van der Waals surface area contributed by atoms with Gasteiger partial charge in [-0.3, -0.25) is 4.79 Å². The van der Waals surface area contributed by atoms with Gasteiger partial charge < -0.3 is 23.7 Å². The molecule has 0 unspecified atom stereocenters. The maximum Gasteiger partial charge on any atom is 0.343 e. The first-order valence-electron chi connectivity index (χ1n) is 17.3. The number of benzene rings is 3. The van der Waals surface area contributed by atoms with Crippen molar-refractivity contribution in [2.75, 3.05) is 13.2 Å². The van der Waals surface area contributed by atoms with Crippen LogP contribution in [0.2, 0.25) is 0 Å². The summed E-state index contributed by atoms with van der Waals surface area (Å²) < 4.78 is 27.3. The Morgan fingerprint density at radius 2 is 1.44 bits per heavy atom. The van der Waals surface area contributed by atoms with Crippen LogP contribution in [0.4, 0.5) is 0 Å². The Balaban J connectivity index is 1.13. The third-order valence-electron chi connectivity index (χ3n) is 8.35. The molecule has 4 rings (SSSR count). The first kappa shape index (κ1) is 37.6. The van der Waals surface area contributed by atoms with Gasteiger partial charge in [0, 0.05) is 11.6 Å². The highest BCUT2D eigenvalue weighted by atomic mass is 16.6. The average molecular weight is 683 g/mol. The second kappa shape index (κ2) is 19.7. The van der Waals surface area contributed by atoms with Gasteiger partial charge in [-0.1, -0.05) is 44.7 Å². The van der Waals surface area contributed by atoms with E-state index >= 15 is 0 Å². The Hall–Kier alpha value is -5.18. The Bertz CT molecular complexity index is 1620. The van der Waals surface area contributed by atoms with E-state index in [0.717, 1.165) is 86.3 Å². The lowest BCUT2D eigenvalue weighted by Crippen LogP contribution is -2.22. The van der Waals surface area contributed by atoms with Crippen LogP contribution in [0.3, 0.4) is 0 Å². The predicted octanol–water partition coefficient (Wildman–Crippen LogP) is 8.53. The third-order valence-corrected chi connectivity index (χ3v) is 8.35. The summed E-state index contributed by atoms with van der Waals surface area (Å²) in [5.41, 5.74) is 3.55. The average Bonchev–Trinajstić information content (AvgIpc) is 3.13.